The molecular formula is C22H20N2O3S. The number of carbonyl (C=O) groups excluding carboxylic acids is 2. The number of nitrogens with one attached hydrogen (secondary N) is 1. The lowest BCUT2D eigenvalue weighted by atomic mass is 10.2. The van der Waals surface area contributed by atoms with Gasteiger partial charge in [-0.25, -0.2) is 4.79 Å². The van der Waals surface area contributed by atoms with Crippen molar-refractivity contribution in [2.45, 2.75) is 0 Å². The largest absolute Gasteiger partial charge is 0.452 e. The Balaban J connectivity index is 1.60. The Bertz CT molecular complexity index is 979. The topological polar surface area (TPSA) is 58.6 Å². The van der Waals surface area contributed by atoms with Crippen LogP contribution in [-0.2, 0) is 9.53 Å². The van der Waals surface area contributed by atoms with Crippen molar-refractivity contribution in [1.29, 1.82) is 0 Å². The van der Waals surface area contributed by atoms with Gasteiger partial charge in [0.1, 0.15) is 0 Å². The molecule has 0 saturated heterocycles. The molecule has 1 heterocycles. The smallest absolute Gasteiger partial charge is 0.413 e. The Morgan fingerprint density at radius 1 is 1.00 bits per heavy atom. The van der Waals surface area contributed by atoms with E-state index in [-0.39, 0.29) is 5.91 Å². The summed E-state index contributed by atoms with van der Waals surface area (Å²) in [6.45, 7) is 0. The summed E-state index contributed by atoms with van der Waals surface area (Å²) in [5.74, 6) is -0.219. The Morgan fingerprint density at radius 2 is 1.71 bits per heavy atom. The van der Waals surface area contributed by atoms with Crippen LogP contribution in [0.1, 0.15) is 4.88 Å². The van der Waals surface area contributed by atoms with Crippen LogP contribution in [0, 0.1) is 0 Å². The van der Waals surface area contributed by atoms with Gasteiger partial charge in [-0.3, -0.25) is 9.69 Å². The summed E-state index contributed by atoms with van der Waals surface area (Å²) in [6.07, 6.45) is 2.85. The molecule has 0 unspecified atom stereocenters. The summed E-state index contributed by atoms with van der Waals surface area (Å²) in [4.78, 5) is 27.2. The fourth-order valence-corrected chi connectivity index (χ4v) is 3.47. The summed E-state index contributed by atoms with van der Waals surface area (Å²) in [5.41, 5.74) is 2.48. The molecule has 2 aromatic carbocycles. The van der Waals surface area contributed by atoms with Gasteiger partial charge in [0.2, 0.25) is 5.91 Å². The van der Waals surface area contributed by atoms with Crippen LogP contribution in [0.4, 0.5) is 16.2 Å². The second-order valence-corrected chi connectivity index (χ2v) is 7.08. The normalized spacial score (nSPS) is 10.6. The summed E-state index contributed by atoms with van der Waals surface area (Å²) < 4.78 is 4.67. The number of benzene rings is 2. The van der Waals surface area contributed by atoms with E-state index in [4.69, 9.17) is 0 Å². The Hall–Kier alpha value is -3.38. The van der Waals surface area contributed by atoms with Gasteiger partial charge >= 0.3 is 6.09 Å². The number of nitrogens with zero attached hydrogens (tertiary/aromatic N) is 1. The highest BCUT2D eigenvalue weighted by Crippen LogP contribution is 2.28. The average Bonchev–Trinajstić information content (AvgIpc) is 3.21. The molecule has 1 aromatic heterocycles. The second-order valence-electron chi connectivity index (χ2n) is 5.97. The minimum Gasteiger partial charge on any atom is -0.452 e. The number of rotatable bonds is 5. The number of thiophene rings is 1. The van der Waals surface area contributed by atoms with Gasteiger partial charge in [-0.05, 0) is 48.0 Å². The molecule has 0 atom stereocenters. The van der Waals surface area contributed by atoms with Crippen LogP contribution in [0.5, 0.6) is 0 Å². The third-order valence-corrected chi connectivity index (χ3v) is 5.15. The first kappa shape index (κ1) is 19.4. The van der Waals surface area contributed by atoms with E-state index < -0.39 is 6.09 Å². The standard InChI is InChI=1S/C22H20N2O3S/c1-24(22(26)27-2)18-10-8-17(9-11-18)23-21(25)15-13-19-12-14-20(28-19)16-6-4-3-5-7-16/h3-15H,1-2H3,(H,23,25)/b15-13+. The lowest BCUT2D eigenvalue weighted by molar-refractivity contribution is -0.111. The molecule has 3 rings (SSSR count). The first-order valence-electron chi connectivity index (χ1n) is 8.63. The highest BCUT2D eigenvalue weighted by molar-refractivity contribution is 7.16. The molecular weight excluding hydrogens is 372 g/mol. The van der Waals surface area contributed by atoms with Gasteiger partial charge in [0.05, 0.1) is 7.11 Å². The highest BCUT2D eigenvalue weighted by Gasteiger charge is 2.10. The van der Waals surface area contributed by atoms with Gasteiger partial charge in [-0.1, -0.05) is 30.3 Å². The predicted molar refractivity (Wildman–Crippen MR) is 115 cm³/mol. The number of amides is 2. The number of ether oxygens (including phenoxy) is 1. The SMILES string of the molecule is COC(=O)N(C)c1ccc(NC(=O)/C=C/c2ccc(-c3ccccc3)s2)cc1. The summed E-state index contributed by atoms with van der Waals surface area (Å²) in [6, 6.07) is 21.1. The average molecular weight is 392 g/mol. The Labute approximate surface area is 167 Å². The van der Waals surface area contributed by atoms with Gasteiger partial charge in [0.25, 0.3) is 0 Å². The first-order valence-corrected chi connectivity index (χ1v) is 9.44. The molecule has 0 aliphatic heterocycles. The molecule has 142 valence electrons. The quantitative estimate of drug-likeness (QED) is 0.602. The van der Waals surface area contributed by atoms with E-state index in [1.165, 1.54) is 18.1 Å². The van der Waals surface area contributed by atoms with Gasteiger partial charge in [-0.2, -0.15) is 0 Å². The van der Waals surface area contributed by atoms with E-state index in [0.717, 1.165) is 15.3 Å². The van der Waals surface area contributed by atoms with E-state index in [2.05, 4.69) is 22.2 Å². The lowest BCUT2D eigenvalue weighted by Crippen LogP contribution is -2.25. The Kier molecular flexibility index (Phi) is 6.24. The van der Waals surface area contributed by atoms with E-state index in [1.54, 1.807) is 48.7 Å². The zero-order chi connectivity index (χ0) is 19.9. The van der Waals surface area contributed by atoms with E-state index in [1.807, 2.05) is 30.3 Å². The molecule has 0 aliphatic rings. The van der Waals surface area contributed by atoms with E-state index in [9.17, 15) is 9.59 Å². The Morgan fingerprint density at radius 3 is 2.39 bits per heavy atom. The summed E-state index contributed by atoms with van der Waals surface area (Å²) in [5, 5.41) is 2.80. The van der Waals surface area contributed by atoms with Crippen LogP contribution in [0.15, 0.2) is 72.8 Å². The number of carbonyl (C=O) groups is 2. The zero-order valence-electron chi connectivity index (χ0n) is 15.6. The minimum atomic E-state index is -0.453. The molecule has 28 heavy (non-hydrogen) atoms. The van der Waals surface area contributed by atoms with Crippen LogP contribution in [0.25, 0.3) is 16.5 Å². The molecule has 0 fully saturated rings. The fraction of sp³-hybridized carbons (Fsp3) is 0.0909. The third-order valence-electron chi connectivity index (χ3n) is 4.05. The van der Waals surface area contributed by atoms with Crippen molar-refractivity contribution in [2.75, 3.05) is 24.4 Å². The maximum absolute atomic E-state index is 12.2. The lowest BCUT2D eigenvalue weighted by Gasteiger charge is -2.15. The monoisotopic (exact) mass is 392 g/mol. The molecule has 5 nitrogen and oxygen atoms in total. The molecule has 0 radical (unpaired) electrons. The minimum absolute atomic E-state index is 0.219. The van der Waals surface area contributed by atoms with Crippen LogP contribution in [-0.4, -0.2) is 26.2 Å². The molecule has 0 spiro atoms. The maximum Gasteiger partial charge on any atom is 0.413 e. The number of hydrogen-bond donors (Lipinski definition) is 1. The number of hydrogen-bond acceptors (Lipinski definition) is 4. The first-order chi connectivity index (χ1) is 13.6. The van der Waals surface area contributed by atoms with Crippen LogP contribution < -0.4 is 10.2 Å². The molecule has 3 aromatic rings. The van der Waals surface area contributed by atoms with Crippen molar-refractivity contribution in [3.05, 3.63) is 77.7 Å². The van der Waals surface area contributed by atoms with Crippen molar-refractivity contribution in [3.8, 4) is 10.4 Å². The van der Waals surface area contributed by atoms with Gasteiger partial charge in [0, 0.05) is 34.3 Å². The van der Waals surface area contributed by atoms with Gasteiger partial charge in [-0.15, -0.1) is 11.3 Å². The second kappa shape index (κ2) is 9.01. The fourth-order valence-electron chi connectivity index (χ4n) is 2.55. The number of anilines is 2. The van der Waals surface area contributed by atoms with Crippen LogP contribution in [0.3, 0.4) is 0 Å². The van der Waals surface area contributed by atoms with Crippen LogP contribution >= 0.6 is 11.3 Å². The van der Waals surface area contributed by atoms with E-state index in [0.29, 0.717) is 11.4 Å². The van der Waals surface area contributed by atoms with Crippen molar-refractivity contribution in [2.24, 2.45) is 0 Å². The molecule has 0 bridgehead atoms. The molecule has 0 saturated carbocycles. The summed E-state index contributed by atoms with van der Waals surface area (Å²) >= 11 is 1.63. The third kappa shape index (κ3) is 4.86. The van der Waals surface area contributed by atoms with Crippen molar-refractivity contribution >= 4 is 40.8 Å². The van der Waals surface area contributed by atoms with Gasteiger partial charge < -0.3 is 10.1 Å². The van der Waals surface area contributed by atoms with Crippen molar-refractivity contribution in [3.63, 3.8) is 0 Å². The van der Waals surface area contributed by atoms with Gasteiger partial charge in [0.15, 0.2) is 0 Å². The molecule has 1 N–H and O–H groups in total. The molecule has 2 amide bonds. The molecule has 0 aliphatic carbocycles. The zero-order valence-corrected chi connectivity index (χ0v) is 16.4. The van der Waals surface area contributed by atoms with Crippen LogP contribution in [0.2, 0.25) is 0 Å². The predicted octanol–water partition coefficient (Wildman–Crippen LogP) is 5.27. The number of methoxy groups -OCH3 is 1. The van der Waals surface area contributed by atoms with Crippen molar-refractivity contribution in [1.82, 2.24) is 0 Å². The summed E-state index contributed by atoms with van der Waals surface area (Å²) in [7, 11) is 2.95. The van der Waals surface area contributed by atoms with Crippen molar-refractivity contribution < 1.29 is 14.3 Å². The maximum atomic E-state index is 12.2. The molecule has 6 heteroatoms. The van der Waals surface area contributed by atoms with E-state index >= 15 is 0 Å². The highest BCUT2D eigenvalue weighted by atomic mass is 32.1.